The number of aliphatic hydroxyl groups excluding tert-OH is 1. The van der Waals surface area contributed by atoms with Gasteiger partial charge in [-0.05, 0) is 107 Å². The van der Waals surface area contributed by atoms with Crippen molar-refractivity contribution in [2.75, 3.05) is 99.8 Å². The Hall–Kier alpha value is -6.46. The minimum atomic E-state index is -1.22. The predicted octanol–water partition coefficient (Wildman–Crippen LogP) is 3.36. The number of rotatable bonds is 27. The average Bonchev–Trinajstić information content (AvgIpc) is 3.84. The van der Waals surface area contributed by atoms with Crippen LogP contribution in [0.3, 0.4) is 0 Å². The van der Waals surface area contributed by atoms with Crippen LogP contribution in [0.15, 0.2) is 64.7 Å². The van der Waals surface area contributed by atoms with Crippen LogP contribution in [0.2, 0.25) is 0 Å². The number of carbonyl (C=O) groups excluding carboxylic acids is 4. The normalized spacial score (nSPS) is 17.9. The minimum Gasteiger partial charge on any atom is -0.480 e. The van der Waals surface area contributed by atoms with Crippen LogP contribution in [0.25, 0.3) is 33.4 Å². The number of carboxylic acid groups (broad SMARTS) is 1. The van der Waals surface area contributed by atoms with Crippen LogP contribution in [0.5, 0.6) is 0 Å². The lowest BCUT2D eigenvalue weighted by atomic mass is 9.88. The average molecular weight is 1050 g/mol. The molecule has 2 aromatic rings. The minimum absolute atomic E-state index is 0.0137. The number of aliphatic hydroxyl groups is 1. The first-order chi connectivity index (χ1) is 37.1. The van der Waals surface area contributed by atoms with Gasteiger partial charge in [0.1, 0.15) is 56.2 Å². The van der Waals surface area contributed by atoms with Gasteiger partial charge in [0.15, 0.2) is 0 Å². The molecule has 4 unspecified atom stereocenters. The van der Waals surface area contributed by atoms with Crippen molar-refractivity contribution in [2.45, 2.75) is 85.4 Å². The van der Waals surface area contributed by atoms with E-state index in [0.717, 1.165) is 67.6 Å². The first kappa shape index (κ1) is 56.3. The van der Waals surface area contributed by atoms with Crippen LogP contribution in [-0.4, -0.2) is 176 Å². The van der Waals surface area contributed by atoms with Gasteiger partial charge in [-0.15, -0.1) is 0 Å². The highest BCUT2D eigenvalue weighted by Gasteiger charge is 2.41. The number of urea groups is 1. The molecule has 0 saturated carbocycles. The molecule has 21 nitrogen and oxygen atoms in total. The van der Waals surface area contributed by atoms with Crippen LogP contribution in [0.1, 0.15) is 68.4 Å². The Morgan fingerprint density at radius 3 is 2.32 bits per heavy atom. The summed E-state index contributed by atoms with van der Waals surface area (Å²) in [6.07, 6.45) is -0.242. The van der Waals surface area contributed by atoms with E-state index in [9.17, 15) is 24.0 Å². The summed E-state index contributed by atoms with van der Waals surface area (Å²) < 4.78 is 58.3. The van der Waals surface area contributed by atoms with Crippen LogP contribution >= 0.6 is 0 Å². The van der Waals surface area contributed by atoms with Gasteiger partial charge in [0.2, 0.25) is 6.79 Å². The first-order valence-corrected chi connectivity index (χ1v) is 25.1. The second kappa shape index (κ2) is 30.2. The van der Waals surface area contributed by atoms with E-state index in [2.05, 4.69) is 65.9 Å². The van der Waals surface area contributed by atoms with Crippen LogP contribution < -0.4 is 26.3 Å². The number of nitrogens with one attached hydrogen (secondary N) is 4. The van der Waals surface area contributed by atoms with Gasteiger partial charge in [0.05, 0.1) is 45.1 Å². The molecule has 4 aliphatic rings. The van der Waals surface area contributed by atoms with Gasteiger partial charge in [0.25, 0.3) is 5.91 Å². The fraction of sp³-hybridized carbons (Fsp3) is 0.519. The molecule has 75 heavy (non-hydrogen) atoms. The Kier molecular flexibility index (Phi) is 22.6. The van der Waals surface area contributed by atoms with Crippen LogP contribution in [-0.2, 0) is 42.7 Å². The highest BCUT2D eigenvalue weighted by molar-refractivity contribution is 6.09. The number of amides is 4. The number of hydrogen-bond donors (Lipinski definition) is 6. The summed E-state index contributed by atoms with van der Waals surface area (Å²) in [6, 6.07) is 15.5. The number of alkyl carbamates (subject to hydrolysis) is 1. The van der Waals surface area contributed by atoms with E-state index < -0.39 is 61.9 Å². The zero-order valence-corrected chi connectivity index (χ0v) is 44.1. The Balaban J connectivity index is 0.00000356. The van der Waals surface area contributed by atoms with Crippen molar-refractivity contribution in [3.05, 3.63) is 87.9 Å². The van der Waals surface area contributed by atoms with E-state index in [1.165, 1.54) is 12.0 Å². The van der Waals surface area contributed by atoms with Crippen molar-refractivity contribution in [3.63, 3.8) is 0 Å². The van der Waals surface area contributed by atoms with Crippen molar-refractivity contribution < 1.29 is 78.1 Å². The number of fused-ring (bicyclic) bond motifs is 2. The monoisotopic (exact) mass is 1050 g/mol. The van der Waals surface area contributed by atoms with Gasteiger partial charge in [-0.3, -0.25) is 15.0 Å². The molecule has 21 heteroatoms. The summed E-state index contributed by atoms with van der Waals surface area (Å²) in [5.41, 5.74) is 8.00. The molecule has 6 N–H and O–H groups in total. The van der Waals surface area contributed by atoms with Crippen molar-refractivity contribution in [2.24, 2.45) is 0 Å². The fourth-order valence-electron chi connectivity index (χ4n) is 8.33. The largest absolute Gasteiger partial charge is 0.480 e. The van der Waals surface area contributed by atoms with E-state index in [-0.39, 0.29) is 32.4 Å². The number of esters is 1. The number of hydrogen-bond acceptors (Lipinski definition) is 15. The van der Waals surface area contributed by atoms with Crippen molar-refractivity contribution in [1.82, 2.24) is 25.8 Å². The number of carbonyl (C=O) groups is 5. The van der Waals surface area contributed by atoms with E-state index in [1.54, 1.807) is 18.1 Å². The molecule has 4 amide bonds. The zero-order chi connectivity index (χ0) is 55.9. The molecule has 0 radical (unpaired) electrons. The van der Waals surface area contributed by atoms with E-state index in [0.29, 0.717) is 71.1 Å². The molecular formula is C54H75N6O15+. The third-order valence-corrected chi connectivity index (χ3v) is 12.3. The molecule has 6 rings (SSSR count). The zero-order valence-electron chi connectivity index (χ0n) is 46.1. The van der Waals surface area contributed by atoms with Crippen LogP contribution in [0, 0.1) is 20.8 Å². The third-order valence-electron chi connectivity index (χ3n) is 12.3. The number of aryl methyl sites for hydroxylation is 3. The van der Waals surface area contributed by atoms with Gasteiger partial charge in [-0.2, -0.15) is 0 Å². The highest BCUT2D eigenvalue weighted by atomic mass is 16.6. The Morgan fingerprint density at radius 1 is 0.920 bits per heavy atom. The van der Waals surface area contributed by atoms with E-state index >= 15 is 0 Å². The molecule has 2 aromatic carbocycles. The first-order valence-electron chi connectivity index (χ1n) is 26.2. The summed E-state index contributed by atoms with van der Waals surface area (Å²) in [7, 11) is 2.99. The number of ether oxygens (including phenoxy) is 7. The molecule has 3 aliphatic heterocycles. The molecule has 0 spiro atoms. The van der Waals surface area contributed by atoms with Crippen molar-refractivity contribution in [1.29, 1.82) is 1.43 Å². The predicted molar refractivity (Wildman–Crippen MR) is 276 cm³/mol. The summed E-state index contributed by atoms with van der Waals surface area (Å²) in [4.78, 5) is 68.6. The molecule has 0 bridgehead atoms. The molecular weight excluding hydrogens is 973 g/mol. The molecule has 1 fully saturated rings. The van der Waals surface area contributed by atoms with Gasteiger partial charge in [-0.1, -0.05) is 18.2 Å². The summed E-state index contributed by atoms with van der Waals surface area (Å²) in [5.74, 6) is -1.48. The maximum atomic E-state index is 14.1. The van der Waals surface area contributed by atoms with Crippen LogP contribution in [0.4, 0.5) is 9.59 Å². The Labute approximate surface area is 440 Å². The summed E-state index contributed by atoms with van der Waals surface area (Å²) >= 11 is 0. The molecule has 1 saturated heterocycles. The topological polar surface area (TPSA) is 260 Å². The maximum absolute atomic E-state index is 14.1. The SMILES string of the molecule is [2H]CC1OC(N2C=C(C)C(NCCCOCCOCCOCCCNC(=O)OCCN(C)C(=O)c3ccccc3-c3c4cc(C)c(=[NH+]CC)cc-4oc4cc(C)c(C)cc34)NC2=O)CC1OC(=O)COCC(=O)O.[3H]OC. The smallest absolute Gasteiger partial charge is 0.407 e. The highest BCUT2D eigenvalue weighted by Crippen LogP contribution is 2.42. The maximum Gasteiger partial charge on any atom is 0.407 e. The summed E-state index contributed by atoms with van der Waals surface area (Å²) in [5, 5.41) is 23.0. The quantitative estimate of drug-likeness (QED) is 0.0284. The second-order valence-corrected chi connectivity index (χ2v) is 17.9. The number of aliphatic carboxylic acids is 1. The number of nitrogens with zero attached hydrogens (tertiary/aromatic N) is 2. The van der Waals surface area contributed by atoms with E-state index in [1.807, 2.05) is 43.3 Å². The molecule has 410 valence electrons. The van der Waals surface area contributed by atoms with Crippen molar-refractivity contribution >= 4 is 40.9 Å². The molecule has 1 aliphatic carbocycles. The van der Waals surface area contributed by atoms with Gasteiger partial charge >= 0.3 is 24.1 Å². The Bertz CT molecular complexity index is 2670. The lowest BCUT2D eigenvalue weighted by molar-refractivity contribution is -0.496. The number of carboxylic acids is 1. The van der Waals surface area contributed by atoms with Crippen molar-refractivity contribution in [3.8, 4) is 22.5 Å². The van der Waals surface area contributed by atoms with Gasteiger partial charge in [-0.25, -0.2) is 24.2 Å². The third kappa shape index (κ3) is 17.3. The number of likely N-dealkylation sites (N-methyl/N-ethyl adjacent to an activating group) is 1. The van der Waals surface area contributed by atoms with E-state index in [4.69, 9.17) is 45.5 Å². The Morgan fingerprint density at radius 2 is 1.61 bits per heavy atom. The number of benzene rings is 3. The van der Waals surface area contributed by atoms with Gasteiger partial charge in [0, 0.05) is 75.5 Å². The summed E-state index contributed by atoms with van der Waals surface area (Å²) in [6.45, 7) is 13.1. The lowest BCUT2D eigenvalue weighted by Crippen LogP contribution is -2.76. The molecule has 0 aromatic heterocycles. The molecule has 4 atom stereocenters. The standard InChI is InChI=1S/C53H70N6O14.CH4O/c1-8-54-42-28-45-41(26-35(42)4)49(40-25-33(2)34(3)27-44(40)72-45)38-13-9-10-14-39(38)51(63)58(7)17-20-70-53(65)56-16-12-19-67-22-24-68-23-21-66-18-11-15-55-50-36(5)30-59(52(64)57-50)46-29-43(37(6)71-46)73-48(62)32-69-31-47(60)61;1-2/h9-10,13-14,25-28,30,37,43,46,50,55H,8,11-12,15-24,29,31-32H2,1-7H3,(H,56,65)(H,57,64)(H,60,61);2H,1H3/p+1/i6D;2T. The fourth-order valence-corrected chi connectivity index (χ4v) is 8.33. The second-order valence-electron chi connectivity index (χ2n) is 17.9. The molecule has 3 heterocycles. The lowest BCUT2D eigenvalue weighted by Gasteiger charge is -2.34. The van der Waals surface area contributed by atoms with Gasteiger partial charge < -0.3 is 63.3 Å².